The highest BCUT2D eigenvalue weighted by molar-refractivity contribution is 5.77. The first-order valence-corrected chi connectivity index (χ1v) is 7.48. The molecule has 126 valence electrons. The average molecular weight is 322 g/mol. The van der Waals surface area contributed by atoms with Crippen molar-refractivity contribution in [2.24, 2.45) is 5.41 Å². The standard InChI is InChI=1S/C17H22O6/c1-12(18)22-15-9-17(2,16(19)20-3)14(23-15)11-21-10-13-7-5-4-6-8-13/h4-8,14-15H,9-11H2,1-3H3/t14-,15?,17?/m1/s1. The maximum atomic E-state index is 12.1. The number of carbonyl (C=O) groups excluding carboxylic acids is 2. The SMILES string of the molecule is COC(=O)C1(C)CC(OC(C)=O)O[C@@H]1COCc1ccccc1. The van der Waals surface area contributed by atoms with Crippen molar-refractivity contribution >= 4 is 11.9 Å². The molecule has 1 aromatic rings. The number of rotatable bonds is 6. The smallest absolute Gasteiger partial charge is 0.314 e. The highest BCUT2D eigenvalue weighted by Gasteiger charge is 2.52. The van der Waals surface area contributed by atoms with Gasteiger partial charge in [0.05, 0.1) is 25.7 Å². The molecule has 3 atom stereocenters. The van der Waals surface area contributed by atoms with E-state index in [1.54, 1.807) is 6.92 Å². The molecule has 0 amide bonds. The molecular formula is C17H22O6. The topological polar surface area (TPSA) is 71.1 Å². The lowest BCUT2D eigenvalue weighted by molar-refractivity contribution is -0.178. The zero-order valence-electron chi connectivity index (χ0n) is 13.6. The lowest BCUT2D eigenvalue weighted by atomic mass is 9.83. The molecule has 0 aromatic heterocycles. The fraction of sp³-hybridized carbons (Fsp3) is 0.529. The second-order valence-electron chi connectivity index (χ2n) is 5.78. The molecule has 2 unspecified atom stereocenters. The van der Waals surface area contributed by atoms with Crippen LogP contribution in [0, 0.1) is 5.41 Å². The van der Waals surface area contributed by atoms with Crippen molar-refractivity contribution < 1.29 is 28.5 Å². The molecule has 1 saturated heterocycles. The summed E-state index contributed by atoms with van der Waals surface area (Å²) in [4.78, 5) is 23.2. The molecule has 23 heavy (non-hydrogen) atoms. The van der Waals surface area contributed by atoms with Gasteiger partial charge < -0.3 is 18.9 Å². The van der Waals surface area contributed by atoms with Gasteiger partial charge in [-0.15, -0.1) is 0 Å². The molecule has 2 rings (SSSR count). The van der Waals surface area contributed by atoms with Crippen LogP contribution in [-0.2, 0) is 35.1 Å². The van der Waals surface area contributed by atoms with Gasteiger partial charge in [0.1, 0.15) is 6.10 Å². The van der Waals surface area contributed by atoms with Gasteiger partial charge >= 0.3 is 11.9 Å². The zero-order valence-corrected chi connectivity index (χ0v) is 13.6. The Labute approximate surface area is 135 Å². The highest BCUT2D eigenvalue weighted by atomic mass is 16.7. The average Bonchev–Trinajstić information content (AvgIpc) is 2.84. The second-order valence-corrected chi connectivity index (χ2v) is 5.78. The number of ether oxygens (including phenoxy) is 4. The summed E-state index contributed by atoms with van der Waals surface area (Å²) in [5, 5.41) is 0. The molecule has 0 radical (unpaired) electrons. The molecule has 1 fully saturated rings. The molecule has 1 aromatic carbocycles. The summed E-state index contributed by atoms with van der Waals surface area (Å²) in [6.45, 7) is 3.66. The zero-order chi connectivity index (χ0) is 16.9. The minimum Gasteiger partial charge on any atom is -0.469 e. The Morgan fingerprint density at radius 1 is 1.30 bits per heavy atom. The molecule has 0 spiro atoms. The lowest BCUT2D eigenvalue weighted by Gasteiger charge is -2.26. The molecule has 1 aliphatic rings. The first-order chi connectivity index (χ1) is 11.0. The Bertz CT molecular complexity index is 543. The number of methoxy groups -OCH3 is 1. The summed E-state index contributed by atoms with van der Waals surface area (Å²) in [5.41, 5.74) is 0.118. The summed E-state index contributed by atoms with van der Waals surface area (Å²) in [5.74, 6) is -0.853. The van der Waals surface area contributed by atoms with Crippen molar-refractivity contribution in [3.05, 3.63) is 35.9 Å². The minimum atomic E-state index is -0.911. The van der Waals surface area contributed by atoms with Gasteiger partial charge in [0.25, 0.3) is 0 Å². The van der Waals surface area contributed by atoms with Crippen LogP contribution >= 0.6 is 0 Å². The van der Waals surface area contributed by atoms with Gasteiger partial charge in [-0.25, -0.2) is 0 Å². The third-order valence-electron chi connectivity index (χ3n) is 3.95. The van der Waals surface area contributed by atoms with Crippen LogP contribution in [0.2, 0.25) is 0 Å². The number of esters is 2. The van der Waals surface area contributed by atoms with Crippen molar-refractivity contribution in [1.82, 2.24) is 0 Å². The van der Waals surface area contributed by atoms with E-state index in [0.29, 0.717) is 6.61 Å². The van der Waals surface area contributed by atoms with Gasteiger partial charge in [0.15, 0.2) is 0 Å². The van der Waals surface area contributed by atoms with E-state index in [9.17, 15) is 9.59 Å². The Hall–Kier alpha value is -1.92. The molecule has 0 aliphatic carbocycles. The van der Waals surface area contributed by atoms with Crippen molar-refractivity contribution in [2.75, 3.05) is 13.7 Å². The van der Waals surface area contributed by atoms with Crippen LogP contribution in [0.1, 0.15) is 25.8 Å². The monoisotopic (exact) mass is 322 g/mol. The van der Waals surface area contributed by atoms with Crippen molar-refractivity contribution in [1.29, 1.82) is 0 Å². The van der Waals surface area contributed by atoms with Crippen LogP contribution in [0.3, 0.4) is 0 Å². The third-order valence-corrected chi connectivity index (χ3v) is 3.95. The van der Waals surface area contributed by atoms with E-state index in [2.05, 4.69) is 0 Å². The second kappa shape index (κ2) is 7.57. The fourth-order valence-electron chi connectivity index (χ4n) is 2.64. The number of benzene rings is 1. The molecule has 0 bridgehead atoms. The Balaban J connectivity index is 1.98. The van der Waals surface area contributed by atoms with E-state index in [0.717, 1.165) is 5.56 Å². The molecule has 6 heteroatoms. The predicted octanol–water partition coefficient (Wildman–Crippen LogP) is 2.06. The summed E-state index contributed by atoms with van der Waals surface area (Å²) < 4.78 is 21.3. The normalized spacial score (nSPS) is 26.7. The van der Waals surface area contributed by atoms with E-state index < -0.39 is 29.7 Å². The number of carbonyl (C=O) groups is 2. The van der Waals surface area contributed by atoms with E-state index in [4.69, 9.17) is 18.9 Å². The van der Waals surface area contributed by atoms with E-state index in [-0.39, 0.29) is 13.0 Å². The lowest BCUT2D eigenvalue weighted by Crippen LogP contribution is -2.39. The molecular weight excluding hydrogens is 300 g/mol. The van der Waals surface area contributed by atoms with Gasteiger partial charge in [0.2, 0.25) is 6.29 Å². The first kappa shape index (κ1) is 17.4. The quantitative estimate of drug-likeness (QED) is 0.747. The van der Waals surface area contributed by atoms with E-state index in [1.165, 1.54) is 14.0 Å². The summed E-state index contributed by atoms with van der Waals surface area (Å²) in [6.07, 6.45) is -1.05. The number of hydrogen-bond donors (Lipinski definition) is 0. The Morgan fingerprint density at radius 3 is 2.61 bits per heavy atom. The van der Waals surface area contributed by atoms with Crippen LogP contribution in [-0.4, -0.2) is 38.0 Å². The summed E-state index contributed by atoms with van der Waals surface area (Å²) in [6, 6.07) is 9.70. The maximum absolute atomic E-state index is 12.1. The van der Waals surface area contributed by atoms with E-state index >= 15 is 0 Å². The van der Waals surface area contributed by atoms with Gasteiger partial charge in [0, 0.05) is 13.3 Å². The van der Waals surface area contributed by atoms with Crippen LogP contribution in [0.25, 0.3) is 0 Å². The Morgan fingerprint density at radius 2 is 2.00 bits per heavy atom. The predicted molar refractivity (Wildman–Crippen MR) is 81.3 cm³/mol. The van der Waals surface area contributed by atoms with E-state index in [1.807, 2.05) is 30.3 Å². The van der Waals surface area contributed by atoms with Crippen molar-refractivity contribution in [3.8, 4) is 0 Å². The van der Waals surface area contributed by atoms with Gasteiger partial charge in [-0.2, -0.15) is 0 Å². The molecule has 0 saturated carbocycles. The van der Waals surface area contributed by atoms with Gasteiger partial charge in [-0.05, 0) is 12.5 Å². The van der Waals surface area contributed by atoms with Crippen LogP contribution < -0.4 is 0 Å². The Kier molecular flexibility index (Phi) is 5.74. The largest absolute Gasteiger partial charge is 0.469 e. The summed E-state index contributed by atoms with van der Waals surface area (Å²) >= 11 is 0. The van der Waals surface area contributed by atoms with Crippen LogP contribution in [0.5, 0.6) is 0 Å². The first-order valence-electron chi connectivity index (χ1n) is 7.48. The molecule has 6 nitrogen and oxygen atoms in total. The van der Waals surface area contributed by atoms with Crippen LogP contribution in [0.15, 0.2) is 30.3 Å². The molecule has 1 aliphatic heterocycles. The van der Waals surface area contributed by atoms with Crippen molar-refractivity contribution in [2.45, 2.75) is 39.3 Å². The molecule has 1 heterocycles. The third kappa shape index (κ3) is 4.30. The maximum Gasteiger partial charge on any atom is 0.314 e. The van der Waals surface area contributed by atoms with Gasteiger partial charge in [-0.3, -0.25) is 9.59 Å². The van der Waals surface area contributed by atoms with Gasteiger partial charge in [-0.1, -0.05) is 30.3 Å². The summed E-state index contributed by atoms with van der Waals surface area (Å²) in [7, 11) is 1.33. The van der Waals surface area contributed by atoms with Crippen molar-refractivity contribution in [3.63, 3.8) is 0 Å². The number of hydrogen-bond acceptors (Lipinski definition) is 6. The minimum absolute atomic E-state index is 0.207. The van der Waals surface area contributed by atoms with Crippen LogP contribution in [0.4, 0.5) is 0 Å². The highest BCUT2D eigenvalue weighted by Crippen LogP contribution is 2.40. The molecule has 0 N–H and O–H groups in total. The fourth-order valence-corrected chi connectivity index (χ4v) is 2.64.